The van der Waals surface area contributed by atoms with E-state index in [-0.39, 0.29) is 19.4 Å². The Labute approximate surface area is 268 Å². The molecule has 0 saturated carbocycles. The molecule has 3 rings (SSSR count). The van der Waals surface area contributed by atoms with E-state index in [1.54, 1.807) is 20.8 Å². The largest absolute Gasteiger partial charge is 0.458 e. The summed E-state index contributed by atoms with van der Waals surface area (Å²) in [4.78, 5) is 40.7. The number of halogens is 1. The lowest BCUT2D eigenvalue weighted by Gasteiger charge is -2.32. The van der Waals surface area contributed by atoms with Crippen molar-refractivity contribution in [3.63, 3.8) is 0 Å². The molecule has 2 aromatic rings. The van der Waals surface area contributed by atoms with Gasteiger partial charge in [0.05, 0.1) is 0 Å². The first kappa shape index (κ1) is 35.8. The van der Waals surface area contributed by atoms with Crippen molar-refractivity contribution in [2.24, 2.45) is 5.41 Å². The summed E-state index contributed by atoms with van der Waals surface area (Å²) >= 11 is 0. The number of amides is 1. The van der Waals surface area contributed by atoms with Gasteiger partial charge in [0.2, 0.25) is 0 Å². The highest BCUT2D eigenvalue weighted by atomic mass is 19.1. The maximum atomic E-state index is 14.9. The minimum Gasteiger partial charge on any atom is -0.458 e. The van der Waals surface area contributed by atoms with E-state index in [2.05, 4.69) is 32.1 Å². The molecule has 0 N–H and O–H groups in total. The maximum absolute atomic E-state index is 14.9. The molecule has 0 saturated heterocycles. The Morgan fingerprint density at radius 2 is 1.58 bits per heavy atom. The Bertz CT molecular complexity index is 1320. The van der Waals surface area contributed by atoms with Crippen LogP contribution in [0.2, 0.25) is 0 Å². The molecule has 0 aromatic heterocycles. The van der Waals surface area contributed by atoms with Crippen LogP contribution in [0.15, 0.2) is 60.7 Å². The van der Waals surface area contributed by atoms with Gasteiger partial charge in [-0.15, -0.1) is 0 Å². The number of alkyl halides is 1. The number of rotatable bonds is 12. The first-order valence-electron chi connectivity index (χ1n) is 15.8. The number of ether oxygens (including phenoxy) is 3. The lowest BCUT2D eigenvalue weighted by Crippen LogP contribution is -2.49. The van der Waals surface area contributed by atoms with Gasteiger partial charge in [-0.05, 0) is 94.4 Å². The highest BCUT2D eigenvalue weighted by Gasteiger charge is 2.38. The van der Waals surface area contributed by atoms with E-state index >= 15 is 0 Å². The molecule has 0 heterocycles. The van der Waals surface area contributed by atoms with Gasteiger partial charge in [0.15, 0.2) is 6.10 Å². The topological polar surface area (TPSA) is 82.1 Å². The van der Waals surface area contributed by atoms with Crippen LogP contribution in [0.3, 0.4) is 0 Å². The van der Waals surface area contributed by atoms with E-state index in [0.29, 0.717) is 11.8 Å². The normalized spacial score (nSPS) is 16.2. The first-order chi connectivity index (χ1) is 20.9. The van der Waals surface area contributed by atoms with E-state index < -0.39 is 41.4 Å². The number of hydrogen-bond donors (Lipinski definition) is 0. The van der Waals surface area contributed by atoms with Crippen LogP contribution in [0.1, 0.15) is 97.3 Å². The summed E-state index contributed by atoms with van der Waals surface area (Å²) in [5.74, 6) is -1.62. The fraction of sp³-hybridized carbons (Fsp3) is 0.541. The maximum Gasteiger partial charge on any atom is 0.410 e. The predicted molar refractivity (Wildman–Crippen MR) is 174 cm³/mol. The molecule has 0 spiro atoms. The van der Waals surface area contributed by atoms with Crippen LogP contribution in [0.25, 0.3) is 5.57 Å². The zero-order valence-electron chi connectivity index (χ0n) is 28.2. The Balaban J connectivity index is 1.77. The van der Waals surface area contributed by atoms with Crippen LogP contribution >= 0.6 is 0 Å². The second kappa shape index (κ2) is 15.1. The average molecular weight is 624 g/mol. The van der Waals surface area contributed by atoms with Crippen molar-refractivity contribution in [3.8, 4) is 0 Å². The Morgan fingerprint density at radius 1 is 0.933 bits per heavy atom. The second-order valence-electron chi connectivity index (χ2n) is 14.4. The monoisotopic (exact) mass is 623 g/mol. The zero-order chi connectivity index (χ0) is 33.4. The quantitative estimate of drug-likeness (QED) is 0.175. The summed E-state index contributed by atoms with van der Waals surface area (Å²) in [6, 6.07) is 16.1. The van der Waals surface area contributed by atoms with Crippen molar-refractivity contribution in [1.82, 2.24) is 4.90 Å². The molecule has 0 radical (unpaired) electrons. The summed E-state index contributed by atoms with van der Waals surface area (Å²) in [6.07, 6.45) is 3.72. The van der Waals surface area contributed by atoms with E-state index in [9.17, 15) is 18.8 Å². The van der Waals surface area contributed by atoms with Gasteiger partial charge in [-0.25, -0.2) is 18.8 Å². The molecule has 0 bridgehead atoms. The number of benzene rings is 2. The van der Waals surface area contributed by atoms with Crippen molar-refractivity contribution in [3.05, 3.63) is 77.4 Å². The van der Waals surface area contributed by atoms with Crippen molar-refractivity contribution in [2.75, 3.05) is 7.05 Å². The number of carbonyl (C=O) groups is 3. The van der Waals surface area contributed by atoms with Crippen LogP contribution < -0.4 is 0 Å². The Kier molecular flexibility index (Phi) is 12.0. The number of likely N-dealkylation sites (N-methyl/N-ethyl adjacent to an activating group) is 1. The van der Waals surface area contributed by atoms with E-state index in [1.165, 1.54) is 32.0 Å². The van der Waals surface area contributed by atoms with Gasteiger partial charge in [-0.3, -0.25) is 4.90 Å². The lowest BCUT2D eigenvalue weighted by atomic mass is 9.77. The average Bonchev–Trinajstić information content (AvgIpc) is 2.96. The van der Waals surface area contributed by atoms with Crippen LogP contribution in [-0.2, 0) is 36.8 Å². The molecule has 7 nitrogen and oxygen atoms in total. The minimum absolute atomic E-state index is 0.00703. The SMILES string of the molecule is CN(C(=O)OC(C)(C)C)[C@@H](CC(C)(C)F)C(=O)O[C@H](CCc1ccc(C2=CCC(C)(C)CC2)cc1)C(=O)OCc1ccccc1. The zero-order valence-corrected chi connectivity index (χ0v) is 28.2. The number of allylic oxidation sites excluding steroid dienone is 2. The molecule has 1 aliphatic carbocycles. The third-order valence-electron chi connectivity index (χ3n) is 7.84. The Hall–Kier alpha value is -3.68. The van der Waals surface area contributed by atoms with E-state index in [1.807, 2.05) is 42.5 Å². The number of carbonyl (C=O) groups excluding carboxylic acids is 3. The molecule has 2 atom stereocenters. The van der Waals surface area contributed by atoms with Gasteiger partial charge >= 0.3 is 18.0 Å². The number of esters is 2. The standard InChI is InChI=1S/C37H50FNO6/c1-35(2,3)45-34(42)39(8)30(24-37(6,7)38)32(40)44-31(33(41)43-25-27-12-10-9-11-13-27)19-16-26-14-17-28(18-15-26)29-20-22-36(4,5)23-21-29/h9-15,17-18,20,30-31H,16,19,21-25H2,1-8H3/t30-,31+/m0/s1. The molecule has 0 unspecified atom stereocenters. The fourth-order valence-electron chi connectivity index (χ4n) is 5.09. The van der Waals surface area contributed by atoms with Gasteiger partial charge in [0.1, 0.15) is 23.9 Å². The molecule has 0 aliphatic heterocycles. The van der Waals surface area contributed by atoms with Gasteiger partial charge in [-0.2, -0.15) is 0 Å². The number of nitrogens with zero attached hydrogens (tertiary/aromatic N) is 1. The van der Waals surface area contributed by atoms with Crippen molar-refractivity contribution in [1.29, 1.82) is 0 Å². The van der Waals surface area contributed by atoms with Crippen molar-refractivity contribution >= 4 is 23.6 Å². The van der Waals surface area contributed by atoms with E-state index in [4.69, 9.17) is 14.2 Å². The molecule has 2 aromatic carbocycles. The van der Waals surface area contributed by atoms with Gasteiger partial charge < -0.3 is 14.2 Å². The molecule has 8 heteroatoms. The third-order valence-corrected chi connectivity index (χ3v) is 7.84. The minimum atomic E-state index is -1.81. The summed E-state index contributed by atoms with van der Waals surface area (Å²) in [5, 5.41) is 0. The number of hydrogen-bond acceptors (Lipinski definition) is 6. The molecule has 45 heavy (non-hydrogen) atoms. The molecular weight excluding hydrogens is 573 g/mol. The van der Waals surface area contributed by atoms with Crippen molar-refractivity contribution in [2.45, 2.75) is 117 Å². The molecule has 246 valence electrons. The predicted octanol–water partition coefficient (Wildman–Crippen LogP) is 8.24. The number of aryl methyl sites for hydroxylation is 1. The lowest BCUT2D eigenvalue weighted by molar-refractivity contribution is -0.172. The molecule has 1 aliphatic rings. The van der Waals surface area contributed by atoms with Crippen molar-refractivity contribution < 1.29 is 33.0 Å². The highest BCUT2D eigenvalue weighted by Crippen LogP contribution is 2.38. The van der Waals surface area contributed by atoms with E-state index in [0.717, 1.165) is 35.3 Å². The summed E-state index contributed by atoms with van der Waals surface area (Å²) in [6.45, 7) is 12.3. The van der Waals surface area contributed by atoms with Crippen LogP contribution in [0, 0.1) is 5.41 Å². The van der Waals surface area contributed by atoms with Gasteiger partial charge in [-0.1, -0.05) is 74.5 Å². The smallest absolute Gasteiger partial charge is 0.410 e. The highest BCUT2D eigenvalue weighted by molar-refractivity contribution is 5.84. The van der Waals surface area contributed by atoms with Gasteiger partial charge in [0.25, 0.3) is 0 Å². The molecule has 1 amide bonds. The summed E-state index contributed by atoms with van der Waals surface area (Å²) in [7, 11) is 1.36. The second-order valence-corrected chi connectivity index (χ2v) is 14.4. The summed E-state index contributed by atoms with van der Waals surface area (Å²) in [5.41, 5.74) is 1.97. The molecular formula is C37H50FNO6. The first-order valence-corrected chi connectivity index (χ1v) is 15.8. The summed E-state index contributed by atoms with van der Waals surface area (Å²) < 4.78 is 31.6. The third kappa shape index (κ3) is 12.0. The van der Waals surface area contributed by atoms with Crippen LogP contribution in [-0.4, -0.2) is 53.4 Å². The van der Waals surface area contributed by atoms with Crippen LogP contribution in [0.5, 0.6) is 0 Å². The fourth-order valence-corrected chi connectivity index (χ4v) is 5.09. The molecule has 0 fully saturated rings. The van der Waals surface area contributed by atoms with Gasteiger partial charge in [0, 0.05) is 13.5 Å². The van der Waals surface area contributed by atoms with Crippen LogP contribution in [0.4, 0.5) is 9.18 Å². The Morgan fingerprint density at radius 3 is 2.13 bits per heavy atom.